The summed E-state index contributed by atoms with van der Waals surface area (Å²) in [7, 11) is -3.72. The molecule has 0 aromatic heterocycles. The predicted octanol–water partition coefficient (Wildman–Crippen LogP) is 4.55. The van der Waals surface area contributed by atoms with Crippen molar-refractivity contribution in [2.75, 3.05) is 16.2 Å². The molecule has 29 heavy (non-hydrogen) atoms. The van der Waals surface area contributed by atoms with E-state index in [-0.39, 0.29) is 17.0 Å². The van der Waals surface area contributed by atoms with Gasteiger partial charge in [0.1, 0.15) is 0 Å². The fraction of sp³-hybridized carbons (Fsp3) is 0.381. The molecule has 0 atom stereocenters. The molecule has 1 saturated carbocycles. The van der Waals surface area contributed by atoms with E-state index in [0.29, 0.717) is 23.7 Å². The zero-order valence-corrected chi connectivity index (χ0v) is 17.6. The third-order valence-corrected chi connectivity index (χ3v) is 7.16. The summed E-state index contributed by atoms with van der Waals surface area (Å²) in [5.74, 6) is 0. The van der Waals surface area contributed by atoms with Gasteiger partial charge in [-0.3, -0.25) is 9.62 Å². The van der Waals surface area contributed by atoms with E-state index in [4.69, 9.17) is 11.6 Å². The summed E-state index contributed by atoms with van der Waals surface area (Å²) in [6.07, 6.45) is 6.24. The van der Waals surface area contributed by atoms with Gasteiger partial charge in [0, 0.05) is 29.0 Å². The van der Waals surface area contributed by atoms with E-state index in [1.54, 1.807) is 47.4 Å². The van der Waals surface area contributed by atoms with Crippen molar-refractivity contribution in [1.82, 2.24) is 5.32 Å². The first kappa shape index (κ1) is 20.0. The molecule has 0 unspecified atom stereocenters. The van der Waals surface area contributed by atoms with Crippen molar-refractivity contribution in [3.05, 3.63) is 53.1 Å². The number of amides is 2. The van der Waals surface area contributed by atoms with Gasteiger partial charge in [0.2, 0.25) is 0 Å². The lowest BCUT2D eigenvalue weighted by atomic mass is 9.96. The molecule has 4 rings (SSSR count). The number of carbonyl (C=O) groups excluding carboxylic acids is 1. The van der Waals surface area contributed by atoms with Crippen molar-refractivity contribution in [2.24, 2.45) is 0 Å². The first-order chi connectivity index (χ1) is 13.9. The van der Waals surface area contributed by atoms with E-state index < -0.39 is 10.0 Å². The smallest absolute Gasteiger partial charge is 0.322 e. The van der Waals surface area contributed by atoms with Gasteiger partial charge in [0.25, 0.3) is 10.0 Å². The lowest BCUT2D eigenvalue weighted by Crippen LogP contribution is -2.45. The van der Waals surface area contributed by atoms with Crippen LogP contribution in [0, 0.1) is 0 Å². The highest BCUT2D eigenvalue weighted by molar-refractivity contribution is 7.92. The summed E-state index contributed by atoms with van der Waals surface area (Å²) < 4.78 is 28.0. The van der Waals surface area contributed by atoms with Crippen LogP contribution in [0.2, 0.25) is 5.02 Å². The highest BCUT2D eigenvalue weighted by Crippen LogP contribution is 2.31. The van der Waals surface area contributed by atoms with Crippen molar-refractivity contribution in [1.29, 1.82) is 0 Å². The Morgan fingerprint density at radius 2 is 1.76 bits per heavy atom. The molecule has 1 fully saturated rings. The zero-order chi connectivity index (χ0) is 20.4. The number of nitrogens with one attached hydrogen (secondary N) is 2. The summed E-state index contributed by atoms with van der Waals surface area (Å²) in [5.41, 5.74) is 2.09. The number of urea groups is 1. The Labute approximate surface area is 176 Å². The molecule has 0 spiro atoms. The Bertz CT molecular complexity index is 1000. The van der Waals surface area contributed by atoms with Crippen molar-refractivity contribution in [2.45, 2.75) is 49.5 Å². The van der Waals surface area contributed by atoms with Gasteiger partial charge in [-0.25, -0.2) is 13.2 Å². The maximum atomic E-state index is 12.7. The molecule has 1 heterocycles. The number of hydrogen-bond acceptors (Lipinski definition) is 3. The van der Waals surface area contributed by atoms with Crippen molar-refractivity contribution in [3.8, 4) is 0 Å². The van der Waals surface area contributed by atoms with Crippen LogP contribution >= 0.6 is 11.6 Å². The molecule has 1 aliphatic carbocycles. The molecule has 6 nitrogen and oxygen atoms in total. The second-order valence-corrected chi connectivity index (χ2v) is 9.71. The molecule has 2 aliphatic rings. The predicted molar refractivity (Wildman–Crippen MR) is 115 cm³/mol. The van der Waals surface area contributed by atoms with E-state index in [2.05, 4.69) is 10.0 Å². The number of nitrogens with zero attached hydrogens (tertiary/aromatic N) is 1. The van der Waals surface area contributed by atoms with Crippen LogP contribution in [-0.4, -0.2) is 27.0 Å². The third kappa shape index (κ3) is 4.51. The van der Waals surface area contributed by atoms with Gasteiger partial charge in [-0.1, -0.05) is 30.9 Å². The van der Waals surface area contributed by atoms with Gasteiger partial charge >= 0.3 is 6.03 Å². The Balaban J connectivity index is 1.48. The first-order valence-electron chi connectivity index (χ1n) is 9.92. The van der Waals surface area contributed by atoms with Gasteiger partial charge in [0.15, 0.2) is 0 Å². The molecule has 0 bridgehead atoms. The van der Waals surface area contributed by atoms with Gasteiger partial charge in [-0.05, 0) is 67.3 Å². The number of fused-ring (bicyclic) bond motifs is 1. The second-order valence-electron chi connectivity index (χ2n) is 7.59. The van der Waals surface area contributed by atoms with Gasteiger partial charge in [0.05, 0.1) is 4.90 Å². The van der Waals surface area contributed by atoms with Crippen LogP contribution in [-0.2, 0) is 16.4 Å². The van der Waals surface area contributed by atoms with Gasteiger partial charge in [-0.15, -0.1) is 0 Å². The minimum absolute atomic E-state index is 0.0921. The van der Waals surface area contributed by atoms with Crippen LogP contribution in [0.1, 0.15) is 37.7 Å². The fourth-order valence-electron chi connectivity index (χ4n) is 3.99. The molecule has 154 valence electrons. The molecular weight excluding hydrogens is 410 g/mol. The topological polar surface area (TPSA) is 78.5 Å². The first-order valence-corrected chi connectivity index (χ1v) is 11.8. The average Bonchev–Trinajstić information content (AvgIpc) is 3.14. The minimum atomic E-state index is -3.72. The van der Waals surface area contributed by atoms with Crippen LogP contribution in [0.15, 0.2) is 47.4 Å². The summed E-state index contributed by atoms with van der Waals surface area (Å²) >= 11 is 5.85. The van der Waals surface area contributed by atoms with E-state index in [1.165, 1.54) is 6.42 Å². The zero-order valence-electron chi connectivity index (χ0n) is 16.0. The summed E-state index contributed by atoms with van der Waals surface area (Å²) in [6.45, 7) is 0.558. The number of hydrogen-bond donors (Lipinski definition) is 2. The number of carbonyl (C=O) groups is 1. The highest BCUT2D eigenvalue weighted by Gasteiger charge is 2.28. The molecule has 1 aliphatic heterocycles. The highest BCUT2D eigenvalue weighted by atomic mass is 35.5. The molecule has 8 heteroatoms. The Morgan fingerprint density at radius 1 is 1.03 bits per heavy atom. The molecule has 0 radical (unpaired) electrons. The van der Waals surface area contributed by atoms with E-state index in [1.807, 2.05) is 0 Å². The number of halogens is 1. The molecule has 2 N–H and O–H groups in total. The SMILES string of the molecule is O=C(NC1CCCCC1)N1CCc2cc(S(=O)(=O)Nc3ccc(Cl)cc3)ccc21. The van der Waals surface area contributed by atoms with Crippen LogP contribution in [0.25, 0.3) is 0 Å². The molecule has 2 amide bonds. The number of benzene rings is 2. The van der Waals surface area contributed by atoms with Crippen molar-refractivity contribution >= 4 is 39.0 Å². The normalized spacial score (nSPS) is 17.1. The minimum Gasteiger partial charge on any atom is -0.335 e. The van der Waals surface area contributed by atoms with Crippen molar-refractivity contribution < 1.29 is 13.2 Å². The van der Waals surface area contributed by atoms with Crippen LogP contribution < -0.4 is 14.9 Å². The van der Waals surface area contributed by atoms with E-state index in [0.717, 1.165) is 36.9 Å². The monoisotopic (exact) mass is 433 g/mol. The summed E-state index contributed by atoms with van der Waals surface area (Å²) in [4.78, 5) is 14.6. The lowest BCUT2D eigenvalue weighted by molar-refractivity contribution is 0.238. The molecular formula is C21H24ClN3O3S. The third-order valence-electron chi connectivity index (χ3n) is 5.53. The standard InChI is InChI=1S/C21H24ClN3O3S/c22-16-6-8-18(9-7-16)24-29(27,28)19-10-11-20-15(14-19)12-13-25(20)21(26)23-17-4-2-1-3-5-17/h6-11,14,17,24H,1-5,12-13H2,(H,23,26). The van der Waals surface area contributed by atoms with Crippen molar-refractivity contribution in [3.63, 3.8) is 0 Å². The van der Waals surface area contributed by atoms with Crippen LogP contribution in [0.3, 0.4) is 0 Å². The van der Waals surface area contributed by atoms with Gasteiger partial charge < -0.3 is 5.32 Å². The van der Waals surface area contributed by atoms with Crippen LogP contribution in [0.5, 0.6) is 0 Å². The Kier molecular flexibility index (Phi) is 5.69. The summed E-state index contributed by atoms with van der Waals surface area (Å²) in [5, 5.41) is 3.67. The Morgan fingerprint density at radius 3 is 2.48 bits per heavy atom. The maximum Gasteiger partial charge on any atom is 0.322 e. The van der Waals surface area contributed by atoms with E-state index in [9.17, 15) is 13.2 Å². The largest absolute Gasteiger partial charge is 0.335 e. The number of rotatable bonds is 4. The number of sulfonamides is 1. The van der Waals surface area contributed by atoms with E-state index >= 15 is 0 Å². The second kappa shape index (κ2) is 8.24. The quantitative estimate of drug-likeness (QED) is 0.742. The lowest BCUT2D eigenvalue weighted by Gasteiger charge is -2.26. The van der Waals surface area contributed by atoms with Crippen LogP contribution in [0.4, 0.5) is 16.2 Å². The number of anilines is 2. The molecule has 2 aromatic carbocycles. The fourth-order valence-corrected chi connectivity index (χ4v) is 5.22. The average molecular weight is 434 g/mol. The molecule has 0 saturated heterocycles. The van der Waals surface area contributed by atoms with Gasteiger partial charge in [-0.2, -0.15) is 0 Å². The maximum absolute atomic E-state index is 12.7. The molecule has 2 aromatic rings. The Hall–Kier alpha value is -2.25. The summed E-state index contributed by atoms with van der Waals surface area (Å²) in [6, 6.07) is 11.6.